The minimum atomic E-state index is -1.08. The average molecular weight is 325 g/mol. The molecule has 1 aromatic heterocycles. The molecule has 1 aromatic rings. The molecule has 1 amide bonds. The highest BCUT2D eigenvalue weighted by Gasteiger charge is 2.43. The molecule has 1 aliphatic heterocycles. The number of fused-ring (bicyclic) bond motifs is 1. The molecule has 0 bridgehead atoms. The fraction of sp³-hybridized carbons (Fsp3) is 0.600. The summed E-state index contributed by atoms with van der Waals surface area (Å²) < 4.78 is 0. The van der Waals surface area contributed by atoms with Gasteiger partial charge in [0.1, 0.15) is 5.54 Å². The van der Waals surface area contributed by atoms with E-state index in [0.717, 1.165) is 18.6 Å². The maximum absolute atomic E-state index is 12.4. The molecule has 0 aromatic carbocycles. The maximum atomic E-state index is 12.4. The van der Waals surface area contributed by atoms with Crippen LogP contribution in [0.3, 0.4) is 0 Å². The first-order valence-corrected chi connectivity index (χ1v) is 9.22. The van der Waals surface area contributed by atoms with E-state index in [0.29, 0.717) is 23.0 Å². The number of carboxylic acid groups (broad SMARTS) is 1. The van der Waals surface area contributed by atoms with E-state index >= 15 is 0 Å². The molecule has 1 fully saturated rings. The zero-order chi connectivity index (χ0) is 15.0. The Labute approximate surface area is 132 Å². The van der Waals surface area contributed by atoms with Crippen LogP contribution in [0.15, 0.2) is 6.07 Å². The molecule has 1 saturated heterocycles. The predicted molar refractivity (Wildman–Crippen MR) is 85.3 cm³/mol. The highest BCUT2D eigenvalue weighted by molar-refractivity contribution is 7.99. The highest BCUT2D eigenvalue weighted by Crippen LogP contribution is 2.33. The Kier molecular flexibility index (Phi) is 4.01. The van der Waals surface area contributed by atoms with Crippen LogP contribution in [0.25, 0.3) is 0 Å². The molecule has 0 spiro atoms. The zero-order valence-corrected chi connectivity index (χ0v) is 13.6. The van der Waals surface area contributed by atoms with Crippen molar-refractivity contribution >= 4 is 35.0 Å². The number of carboxylic acids is 1. The summed E-state index contributed by atoms with van der Waals surface area (Å²) in [5, 5.41) is 12.2. The minimum Gasteiger partial charge on any atom is -0.479 e. The number of hydrogen-bond donors (Lipinski definition) is 2. The van der Waals surface area contributed by atoms with Crippen LogP contribution in [0.5, 0.6) is 0 Å². The first-order valence-electron chi connectivity index (χ1n) is 7.25. The van der Waals surface area contributed by atoms with E-state index < -0.39 is 11.5 Å². The standard InChI is InChI=1S/C15H19NO3S2/c1-9-2-3-11-10(6-9)7-12(21-11)13(17)16-15(14(18)19)4-5-20-8-15/h7,9H,2-6,8H2,1H3,(H,16,17)(H,18,19). The lowest BCUT2D eigenvalue weighted by Crippen LogP contribution is -2.54. The Hall–Kier alpha value is -1.01. The van der Waals surface area contributed by atoms with Crippen LogP contribution in [0.4, 0.5) is 0 Å². The zero-order valence-electron chi connectivity index (χ0n) is 12.0. The Bertz CT molecular complexity index is 575. The van der Waals surface area contributed by atoms with E-state index in [-0.39, 0.29) is 5.91 Å². The summed E-state index contributed by atoms with van der Waals surface area (Å²) in [6.07, 6.45) is 3.73. The van der Waals surface area contributed by atoms with E-state index in [1.807, 2.05) is 6.07 Å². The second kappa shape index (κ2) is 5.65. The van der Waals surface area contributed by atoms with Gasteiger partial charge in [0.15, 0.2) is 0 Å². The molecule has 0 saturated carbocycles. The van der Waals surface area contributed by atoms with Crippen LogP contribution in [0.1, 0.15) is 39.9 Å². The Morgan fingerprint density at radius 3 is 2.95 bits per heavy atom. The van der Waals surface area contributed by atoms with E-state index in [4.69, 9.17) is 0 Å². The molecular weight excluding hydrogens is 306 g/mol. The SMILES string of the molecule is CC1CCc2sc(C(=O)NC3(C(=O)O)CCSC3)cc2C1. The Morgan fingerprint density at radius 2 is 2.29 bits per heavy atom. The summed E-state index contributed by atoms with van der Waals surface area (Å²) in [6.45, 7) is 2.23. The summed E-state index contributed by atoms with van der Waals surface area (Å²) in [4.78, 5) is 25.9. The lowest BCUT2D eigenvalue weighted by atomic mass is 9.90. The third-order valence-corrected chi connectivity index (χ3v) is 6.76. The van der Waals surface area contributed by atoms with Crippen LogP contribution in [-0.2, 0) is 17.6 Å². The van der Waals surface area contributed by atoms with Crippen molar-refractivity contribution in [1.82, 2.24) is 5.32 Å². The van der Waals surface area contributed by atoms with Crippen LogP contribution in [-0.4, -0.2) is 34.0 Å². The number of hydrogen-bond acceptors (Lipinski definition) is 4. The minimum absolute atomic E-state index is 0.230. The van der Waals surface area contributed by atoms with Crippen molar-refractivity contribution in [1.29, 1.82) is 0 Å². The summed E-state index contributed by atoms with van der Waals surface area (Å²) in [6, 6.07) is 1.96. The Balaban J connectivity index is 1.78. The Morgan fingerprint density at radius 1 is 1.48 bits per heavy atom. The molecule has 2 atom stereocenters. The molecule has 2 N–H and O–H groups in total. The number of carbonyl (C=O) groups excluding carboxylic acids is 1. The van der Waals surface area contributed by atoms with E-state index in [1.54, 1.807) is 11.8 Å². The molecule has 21 heavy (non-hydrogen) atoms. The summed E-state index contributed by atoms with van der Waals surface area (Å²) in [7, 11) is 0. The monoisotopic (exact) mass is 325 g/mol. The van der Waals surface area contributed by atoms with Gasteiger partial charge in [0.25, 0.3) is 5.91 Å². The van der Waals surface area contributed by atoms with Crippen molar-refractivity contribution in [2.45, 2.75) is 38.1 Å². The lowest BCUT2D eigenvalue weighted by molar-refractivity contribution is -0.143. The summed E-state index contributed by atoms with van der Waals surface area (Å²) in [5.74, 6) is 0.753. The lowest BCUT2D eigenvalue weighted by Gasteiger charge is -2.24. The quantitative estimate of drug-likeness (QED) is 0.896. The molecule has 1 aliphatic carbocycles. The number of rotatable bonds is 3. The number of amides is 1. The van der Waals surface area contributed by atoms with Crippen LogP contribution in [0.2, 0.25) is 0 Å². The van der Waals surface area contributed by atoms with Gasteiger partial charge < -0.3 is 10.4 Å². The molecule has 4 nitrogen and oxygen atoms in total. The third kappa shape index (κ3) is 2.83. The van der Waals surface area contributed by atoms with Crippen molar-refractivity contribution in [2.75, 3.05) is 11.5 Å². The average Bonchev–Trinajstić information content (AvgIpc) is 3.05. The number of thiophene rings is 1. The number of thioether (sulfide) groups is 1. The van der Waals surface area contributed by atoms with Crippen molar-refractivity contribution < 1.29 is 14.7 Å². The van der Waals surface area contributed by atoms with Gasteiger partial charge in [0.05, 0.1) is 4.88 Å². The number of nitrogens with one attached hydrogen (secondary N) is 1. The van der Waals surface area contributed by atoms with Gasteiger partial charge in [-0.1, -0.05) is 6.92 Å². The molecule has 2 aliphatic rings. The molecule has 3 rings (SSSR count). The van der Waals surface area contributed by atoms with Gasteiger partial charge in [0.2, 0.25) is 0 Å². The van der Waals surface area contributed by atoms with Crippen LogP contribution >= 0.6 is 23.1 Å². The first-order chi connectivity index (χ1) is 10.00. The van der Waals surface area contributed by atoms with Crippen molar-refractivity contribution in [2.24, 2.45) is 5.92 Å². The molecule has 2 heterocycles. The highest BCUT2D eigenvalue weighted by atomic mass is 32.2. The van der Waals surface area contributed by atoms with Gasteiger partial charge in [-0.2, -0.15) is 11.8 Å². The van der Waals surface area contributed by atoms with Gasteiger partial charge in [-0.15, -0.1) is 11.3 Å². The third-order valence-electron chi connectivity index (χ3n) is 4.34. The smallest absolute Gasteiger partial charge is 0.330 e. The van der Waals surface area contributed by atoms with E-state index in [9.17, 15) is 14.7 Å². The first kappa shape index (κ1) is 14.9. The molecular formula is C15H19NO3S2. The van der Waals surface area contributed by atoms with Crippen molar-refractivity contribution in [3.8, 4) is 0 Å². The number of aryl methyl sites for hydroxylation is 1. The second-order valence-electron chi connectivity index (χ2n) is 6.05. The van der Waals surface area contributed by atoms with Gasteiger partial charge in [-0.3, -0.25) is 4.79 Å². The maximum Gasteiger partial charge on any atom is 0.330 e. The summed E-state index contributed by atoms with van der Waals surface area (Å²) >= 11 is 3.11. The van der Waals surface area contributed by atoms with E-state index in [2.05, 4.69) is 12.2 Å². The normalized spacial score (nSPS) is 28.1. The fourth-order valence-corrected chi connectivity index (χ4v) is 5.41. The fourth-order valence-electron chi connectivity index (χ4n) is 2.98. The van der Waals surface area contributed by atoms with Crippen molar-refractivity contribution in [3.63, 3.8) is 0 Å². The number of carbonyl (C=O) groups is 2. The second-order valence-corrected chi connectivity index (χ2v) is 8.29. The van der Waals surface area contributed by atoms with Gasteiger partial charge >= 0.3 is 5.97 Å². The summed E-state index contributed by atoms with van der Waals surface area (Å²) in [5.41, 5.74) is 0.188. The van der Waals surface area contributed by atoms with Crippen molar-refractivity contribution in [3.05, 3.63) is 21.4 Å². The number of aliphatic carboxylic acids is 1. The molecule has 114 valence electrons. The molecule has 6 heteroatoms. The largest absolute Gasteiger partial charge is 0.479 e. The molecule has 2 unspecified atom stereocenters. The molecule has 0 radical (unpaired) electrons. The van der Waals surface area contributed by atoms with Gasteiger partial charge in [-0.05, 0) is 49.0 Å². The topological polar surface area (TPSA) is 66.4 Å². The van der Waals surface area contributed by atoms with E-state index in [1.165, 1.54) is 28.2 Å². The van der Waals surface area contributed by atoms with Crippen LogP contribution in [0, 0.1) is 5.92 Å². The van der Waals surface area contributed by atoms with Gasteiger partial charge in [0, 0.05) is 10.6 Å². The van der Waals surface area contributed by atoms with Gasteiger partial charge in [-0.25, -0.2) is 4.79 Å². The van der Waals surface area contributed by atoms with Crippen LogP contribution < -0.4 is 5.32 Å². The predicted octanol–water partition coefficient (Wildman–Crippen LogP) is 2.56.